The molecule has 1 aromatic heterocycles. The molecule has 3 aromatic rings. The van der Waals surface area contributed by atoms with E-state index >= 15 is 0 Å². The van der Waals surface area contributed by atoms with Gasteiger partial charge in [0.2, 0.25) is 0 Å². The maximum absolute atomic E-state index is 12.7. The van der Waals surface area contributed by atoms with Crippen LogP contribution in [0.15, 0.2) is 42.5 Å². The second-order valence-corrected chi connectivity index (χ2v) is 7.76. The van der Waals surface area contributed by atoms with Gasteiger partial charge in [0.1, 0.15) is 12.4 Å². The number of hydrogen-bond donors (Lipinski definition) is 2. The van der Waals surface area contributed by atoms with Crippen LogP contribution in [-0.2, 0) is 0 Å². The summed E-state index contributed by atoms with van der Waals surface area (Å²) in [6.07, 6.45) is 2.01. The lowest BCUT2D eigenvalue weighted by atomic mass is 10.1. The number of hydrogen-bond acceptors (Lipinski definition) is 6. The normalized spacial score (nSPS) is 11.8. The van der Waals surface area contributed by atoms with E-state index in [4.69, 9.17) is 19.9 Å². The number of carbonyl (C=O) groups excluding carboxylic acids is 1. The maximum Gasteiger partial charge on any atom is 0.251 e. The van der Waals surface area contributed by atoms with E-state index in [0.717, 1.165) is 29.4 Å². The standard InChI is InChI=1S/C25H31N3O4/c1-5-6-12-31-21-11-10-18(14-23(21)30-4)25(29)28-17(3)15-32-22-9-7-8-20-24(22)19(26)13-16(2)27-20/h7-11,13-14,17H,5-6,12,15H2,1-4H3,(H2,26,27)(H,28,29). The first-order chi connectivity index (χ1) is 15.4. The molecule has 0 bridgehead atoms. The number of nitrogens with one attached hydrogen (secondary N) is 1. The average molecular weight is 438 g/mol. The van der Waals surface area contributed by atoms with Crippen LogP contribution in [0.25, 0.3) is 10.9 Å². The second-order valence-electron chi connectivity index (χ2n) is 7.76. The lowest BCUT2D eigenvalue weighted by molar-refractivity contribution is 0.0926. The van der Waals surface area contributed by atoms with Gasteiger partial charge in [0.05, 0.1) is 30.7 Å². The molecule has 1 unspecified atom stereocenters. The van der Waals surface area contributed by atoms with E-state index in [9.17, 15) is 4.79 Å². The van der Waals surface area contributed by atoms with Crippen molar-refractivity contribution < 1.29 is 19.0 Å². The van der Waals surface area contributed by atoms with Crippen molar-refractivity contribution >= 4 is 22.5 Å². The topological polar surface area (TPSA) is 95.7 Å². The second kappa shape index (κ2) is 10.7. The van der Waals surface area contributed by atoms with Crippen LogP contribution < -0.4 is 25.3 Å². The third-order valence-electron chi connectivity index (χ3n) is 5.00. The van der Waals surface area contributed by atoms with Gasteiger partial charge in [-0.1, -0.05) is 19.4 Å². The summed E-state index contributed by atoms with van der Waals surface area (Å²) in [5.74, 6) is 1.59. The molecule has 0 fully saturated rings. The number of nitrogens with two attached hydrogens (primary N) is 1. The van der Waals surface area contributed by atoms with Gasteiger partial charge in [-0.05, 0) is 56.7 Å². The molecule has 1 amide bonds. The molecule has 0 aliphatic heterocycles. The number of aryl methyl sites for hydroxylation is 1. The molecular weight excluding hydrogens is 406 g/mol. The predicted molar refractivity (Wildman–Crippen MR) is 127 cm³/mol. The van der Waals surface area contributed by atoms with Crippen LogP contribution >= 0.6 is 0 Å². The fourth-order valence-corrected chi connectivity index (χ4v) is 3.36. The van der Waals surface area contributed by atoms with Gasteiger partial charge >= 0.3 is 0 Å². The highest BCUT2D eigenvalue weighted by atomic mass is 16.5. The van der Waals surface area contributed by atoms with Gasteiger partial charge in [0.25, 0.3) is 5.91 Å². The summed E-state index contributed by atoms with van der Waals surface area (Å²) < 4.78 is 17.1. The fraction of sp³-hybridized carbons (Fsp3) is 0.360. The Hall–Kier alpha value is -3.48. The molecule has 3 N–H and O–H groups in total. The van der Waals surface area contributed by atoms with E-state index < -0.39 is 0 Å². The Morgan fingerprint density at radius 3 is 2.69 bits per heavy atom. The first-order valence-electron chi connectivity index (χ1n) is 10.8. The molecule has 0 spiro atoms. The number of amides is 1. The minimum Gasteiger partial charge on any atom is -0.493 e. The molecule has 32 heavy (non-hydrogen) atoms. The molecule has 0 aliphatic carbocycles. The molecule has 0 radical (unpaired) electrons. The van der Waals surface area contributed by atoms with Crippen LogP contribution in [0.1, 0.15) is 42.7 Å². The summed E-state index contributed by atoms with van der Waals surface area (Å²) in [6.45, 7) is 6.79. The zero-order valence-corrected chi connectivity index (χ0v) is 19.1. The van der Waals surface area contributed by atoms with Crippen molar-refractivity contribution in [3.63, 3.8) is 0 Å². The number of benzene rings is 2. The summed E-state index contributed by atoms with van der Waals surface area (Å²) >= 11 is 0. The minimum absolute atomic E-state index is 0.214. The van der Waals surface area contributed by atoms with E-state index in [-0.39, 0.29) is 18.6 Å². The van der Waals surface area contributed by atoms with Crippen LogP contribution in [0.5, 0.6) is 17.2 Å². The van der Waals surface area contributed by atoms with E-state index in [0.29, 0.717) is 35.1 Å². The summed E-state index contributed by atoms with van der Waals surface area (Å²) in [7, 11) is 1.56. The highest BCUT2D eigenvalue weighted by Crippen LogP contribution is 2.30. The van der Waals surface area contributed by atoms with Gasteiger partial charge in [-0.25, -0.2) is 0 Å². The van der Waals surface area contributed by atoms with E-state index in [2.05, 4.69) is 17.2 Å². The molecule has 3 rings (SSSR count). The Balaban J connectivity index is 1.64. The van der Waals surface area contributed by atoms with Crippen LogP contribution in [0.3, 0.4) is 0 Å². The van der Waals surface area contributed by atoms with Gasteiger partial charge in [0, 0.05) is 16.9 Å². The van der Waals surface area contributed by atoms with Crippen molar-refractivity contribution in [3.8, 4) is 17.2 Å². The Morgan fingerprint density at radius 1 is 1.12 bits per heavy atom. The van der Waals surface area contributed by atoms with E-state index in [1.54, 1.807) is 25.3 Å². The summed E-state index contributed by atoms with van der Waals surface area (Å²) in [5, 5.41) is 3.73. The van der Waals surface area contributed by atoms with Crippen LogP contribution in [0.4, 0.5) is 5.69 Å². The van der Waals surface area contributed by atoms with Crippen molar-refractivity contribution in [1.29, 1.82) is 0 Å². The molecule has 0 saturated carbocycles. The Morgan fingerprint density at radius 2 is 1.94 bits per heavy atom. The number of ether oxygens (including phenoxy) is 3. The quantitative estimate of drug-likeness (QED) is 0.453. The molecule has 7 heteroatoms. The first kappa shape index (κ1) is 23.2. The molecule has 0 saturated heterocycles. The Labute approximate surface area is 188 Å². The number of carbonyl (C=O) groups is 1. The summed E-state index contributed by atoms with van der Waals surface area (Å²) in [4.78, 5) is 17.2. The highest BCUT2D eigenvalue weighted by molar-refractivity contribution is 5.96. The third-order valence-corrected chi connectivity index (χ3v) is 5.00. The van der Waals surface area contributed by atoms with Gasteiger partial charge in [0.15, 0.2) is 11.5 Å². The highest BCUT2D eigenvalue weighted by Gasteiger charge is 2.15. The van der Waals surface area contributed by atoms with Crippen molar-refractivity contribution in [2.75, 3.05) is 26.1 Å². The molecule has 2 aromatic carbocycles. The number of methoxy groups -OCH3 is 1. The number of nitrogens with zero attached hydrogens (tertiary/aromatic N) is 1. The molecule has 0 aliphatic rings. The van der Waals surface area contributed by atoms with Gasteiger partial charge < -0.3 is 25.3 Å². The number of unbranched alkanes of at least 4 members (excludes halogenated alkanes) is 1. The SMILES string of the molecule is CCCCOc1ccc(C(=O)NC(C)COc2cccc3nc(C)cc(N)c23)cc1OC. The van der Waals surface area contributed by atoms with Gasteiger partial charge in [-0.15, -0.1) is 0 Å². The number of nitrogen functional groups attached to an aromatic ring is 1. The average Bonchev–Trinajstić information content (AvgIpc) is 2.77. The first-order valence-corrected chi connectivity index (χ1v) is 10.8. The molecule has 7 nitrogen and oxygen atoms in total. The van der Waals surface area contributed by atoms with E-state index in [1.807, 2.05) is 38.1 Å². The molecular formula is C25H31N3O4. The lowest BCUT2D eigenvalue weighted by Crippen LogP contribution is -2.36. The summed E-state index contributed by atoms with van der Waals surface area (Å²) in [6, 6.07) is 12.4. The smallest absolute Gasteiger partial charge is 0.251 e. The number of anilines is 1. The van der Waals surface area contributed by atoms with Crippen molar-refractivity contribution in [3.05, 3.63) is 53.7 Å². The Bertz CT molecular complexity index is 1080. The third kappa shape index (κ3) is 5.60. The van der Waals surface area contributed by atoms with Gasteiger partial charge in [-0.2, -0.15) is 0 Å². The molecule has 1 atom stereocenters. The Kier molecular flexibility index (Phi) is 7.76. The number of fused-ring (bicyclic) bond motifs is 1. The van der Waals surface area contributed by atoms with Crippen molar-refractivity contribution in [1.82, 2.24) is 10.3 Å². The molecule has 1 heterocycles. The van der Waals surface area contributed by atoms with Crippen molar-refractivity contribution in [2.45, 2.75) is 39.7 Å². The van der Waals surface area contributed by atoms with Crippen LogP contribution in [0, 0.1) is 6.92 Å². The van der Waals surface area contributed by atoms with Crippen LogP contribution in [-0.4, -0.2) is 37.3 Å². The minimum atomic E-state index is -0.233. The largest absolute Gasteiger partial charge is 0.493 e. The fourth-order valence-electron chi connectivity index (χ4n) is 3.36. The summed E-state index contributed by atoms with van der Waals surface area (Å²) in [5.41, 5.74) is 8.93. The van der Waals surface area contributed by atoms with Gasteiger partial charge in [-0.3, -0.25) is 9.78 Å². The predicted octanol–water partition coefficient (Wildman–Crippen LogP) is 4.51. The molecule has 170 valence electrons. The zero-order chi connectivity index (χ0) is 23.1. The van der Waals surface area contributed by atoms with Crippen LogP contribution in [0.2, 0.25) is 0 Å². The number of rotatable bonds is 10. The maximum atomic E-state index is 12.7. The van der Waals surface area contributed by atoms with Crippen molar-refractivity contribution in [2.24, 2.45) is 0 Å². The zero-order valence-electron chi connectivity index (χ0n) is 19.1. The lowest BCUT2D eigenvalue weighted by Gasteiger charge is -2.17. The van der Waals surface area contributed by atoms with E-state index in [1.165, 1.54) is 0 Å². The number of aromatic nitrogens is 1. The number of pyridine rings is 1. The monoisotopic (exact) mass is 437 g/mol.